The van der Waals surface area contributed by atoms with E-state index in [1.165, 1.54) is 0 Å². The van der Waals surface area contributed by atoms with Gasteiger partial charge in [0.1, 0.15) is 17.2 Å². The topological polar surface area (TPSA) is 75.7 Å². The first-order chi connectivity index (χ1) is 18.9. The number of carboxylic acids is 1. The molecule has 0 aromatic heterocycles. The van der Waals surface area contributed by atoms with Gasteiger partial charge in [-0.3, -0.25) is 4.79 Å². The third-order valence-electron chi connectivity index (χ3n) is 6.82. The Labute approximate surface area is 265 Å². The summed E-state index contributed by atoms with van der Waals surface area (Å²) in [6.45, 7) is 0.273. The molecule has 1 heterocycles. The van der Waals surface area contributed by atoms with E-state index >= 15 is 0 Å². The number of ketones is 1. The number of aryl methyl sites for hydroxylation is 1. The predicted molar refractivity (Wildman–Crippen MR) is 150 cm³/mol. The summed E-state index contributed by atoms with van der Waals surface area (Å²) in [5, 5.41) is 12.4. The molecular weight excluding hydrogens is 558 g/mol. The number of aliphatic carboxylic acids is 1. The van der Waals surface area contributed by atoms with Crippen molar-refractivity contribution >= 4 is 35.0 Å². The van der Waals surface area contributed by atoms with Crippen LogP contribution in [0.4, 0.5) is 0 Å². The summed E-state index contributed by atoms with van der Waals surface area (Å²) in [5.74, 6) is -0.632. The molecule has 8 heteroatoms. The molecule has 4 aromatic carbocycles. The average molecular weight is 583 g/mol. The number of carbonyl (C=O) groups excluding carboxylic acids is 2. The second-order valence-electron chi connectivity index (χ2n) is 9.37. The zero-order valence-electron chi connectivity index (χ0n) is 22.0. The van der Waals surface area contributed by atoms with Crippen LogP contribution in [0, 0.1) is 0 Å². The van der Waals surface area contributed by atoms with Crippen molar-refractivity contribution in [1.29, 1.82) is 0 Å². The third-order valence-corrected chi connectivity index (χ3v) is 7.45. The number of ether oxygens (including phenoxy) is 2. The van der Waals surface area contributed by atoms with E-state index in [2.05, 4.69) is 12.1 Å². The van der Waals surface area contributed by atoms with Crippen molar-refractivity contribution in [3.8, 4) is 28.4 Å². The van der Waals surface area contributed by atoms with Crippen molar-refractivity contribution < 1.29 is 53.7 Å². The molecule has 40 heavy (non-hydrogen) atoms. The molecule has 0 saturated heterocycles. The van der Waals surface area contributed by atoms with E-state index in [0.717, 1.165) is 23.1 Å². The zero-order chi connectivity index (χ0) is 27.4. The van der Waals surface area contributed by atoms with E-state index in [0.29, 0.717) is 52.7 Å². The molecular formula is C32H25Cl2NaO5. The Balaban J connectivity index is 0.00000370. The van der Waals surface area contributed by atoms with Crippen LogP contribution in [-0.4, -0.2) is 18.4 Å². The first kappa shape index (κ1) is 30.2. The molecule has 0 fully saturated rings. The van der Waals surface area contributed by atoms with Crippen LogP contribution < -0.4 is 44.1 Å². The molecule has 0 aliphatic carbocycles. The van der Waals surface area contributed by atoms with Crippen LogP contribution >= 0.6 is 23.2 Å². The maximum Gasteiger partial charge on any atom is 1.00 e. The zero-order valence-corrected chi connectivity index (χ0v) is 25.5. The fourth-order valence-electron chi connectivity index (χ4n) is 4.81. The van der Waals surface area contributed by atoms with Gasteiger partial charge in [-0.1, -0.05) is 65.7 Å². The Bertz CT molecular complexity index is 1520. The van der Waals surface area contributed by atoms with Crippen molar-refractivity contribution in [2.24, 2.45) is 0 Å². The number of halogens is 2. The van der Waals surface area contributed by atoms with Gasteiger partial charge in [0.15, 0.2) is 5.78 Å². The van der Waals surface area contributed by atoms with E-state index in [1.54, 1.807) is 36.4 Å². The van der Waals surface area contributed by atoms with Crippen molar-refractivity contribution in [3.63, 3.8) is 0 Å². The van der Waals surface area contributed by atoms with E-state index in [9.17, 15) is 14.7 Å². The predicted octanol–water partition coefficient (Wildman–Crippen LogP) is 4.28. The van der Waals surface area contributed by atoms with Crippen LogP contribution in [0.5, 0.6) is 17.2 Å². The molecule has 198 valence electrons. The van der Waals surface area contributed by atoms with Crippen LogP contribution in [0.1, 0.15) is 46.7 Å². The maximum atomic E-state index is 12.9. The van der Waals surface area contributed by atoms with Gasteiger partial charge in [-0.25, -0.2) is 0 Å². The van der Waals surface area contributed by atoms with Gasteiger partial charge >= 0.3 is 29.6 Å². The van der Waals surface area contributed by atoms with Gasteiger partial charge in [-0.2, -0.15) is 0 Å². The first-order valence-electron chi connectivity index (χ1n) is 12.7. The average Bonchev–Trinajstić information content (AvgIpc) is 2.94. The van der Waals surface area contributed by atoms with Crippen molar-refractivity contribution in [1.82, 2.24) is 0 Å². The Morgan fingerprint density at radius 2 is 1.60 bits per heavy atom. The van der Waals surface area contributed by atoms with Crippen molar-refractivity contribution in [2.45, 2.75) is 31.6 Å². The Hall–Kier alpha value is -2.80. The quantitative estimate of drug-likeness (QED) is 0.217. The molecule has 0 spiro atoms. The summed E-state index contributed by atoms with van der Waals surface area (Å²) in [6, 6.07) is 25.9. The van der Waals surface area contributed by atoms with Crippen LogP contribution in [0.3, 0.4) is 0 Å². The molecule has 1 aliphatic heterocycles. The second kappa shape index (κ2) is 13.7. The van der Waals surface area contributed by atoms with Crippen molar-refractivity contribution in [2.75, 3.05) is 6.61 Å². The van der Waals surface area contributed by atoms with E-state index < -0.39 is 11.9 Å². The van der Waals surface area contributed by atoms with E-state index in [1.807, 2.05) is 36.4 Å². The van der Waals surface area contributed by atoms with E-state index in [-0.39, 0.29) is 47.0 Å². The number of benzene rings is 4. The Kier molecular flexibility index (Phi) is 10.3. The van der Waals surface area contributed by atoms with Crippen LogP contribution in [0.15, 0.2) is 84.9 Å². The number of carbonyl (C=O) groups is 2. The molecule has 0 radical (unpaired) electrons. The summed E-state index contributed by atoms with van der Waals surface area (Å²) in [4.78, 5) is 24.3. The Morgan fingerprint density at radius 3 is 2.33 bits per heavy atom. The SMILES string of the molecule is O=C(CCCc1ccccc1-c1ccccc1Cl)c1ccc(Oc2cc3c(cc2Cl)C(C(=O)[O-])CCO3)cc1.[Na+]. The first-order valence-corrected chi connectivity index (χ1v) is 13.5. The number of carboxylic acid groups (broad SMARTS) is 1. The number of Topliss-reactive ketones (excluding diaryl/α,β-unsaturated/α-hetero) is 1. The molecule has 5 nitrogen and oxygen atoms in total. The fourth-order valence-corrected chi connectivity index (χ4v) is 5.26. The minimum atomic E-state index is -1.16. The minimum Gasteiger partial charge on any atom is -0.549 e. The largest absolute Gasteiger partial charge is 1.00 e. The fraction of sp³-hybridized carbons (Fsp3) is 0.188. The molecule has 1 atom stereocenters. The molecule has 4 aromatic rings. The number of rotatable bonds is 9. The molecule has 1 unspecified atom stereocenters. The molecule has 0 saturated carbocycles. The number of hydrogen-bond acceptors (Lipinski definition) is 5. The molecule has 0 N–H and O–H groups in total. The monoisotopic (exact) mass is 582 g/mol. The molecule has 0 bridgehead atoms. The Morgan fingerprint density at radius 1 is 0.900 bits per heavy atom. The summed E-state index contributed by atoms with van der Waals surface area (Å²) in [6.07, 6.45) is 2.20. The van der Waals surface area contributed by atoms with Gasteiger partial charge in [-0.05, 0) is 66.8 Å². The maximum absolute atomic E-state index is 12.9. The third kappa shape index (κ3) is 6.91. The molecule has 5 rings (SSSR count). The van der Waals surface area contributed by atoms with Gasteiger partial charge in [0.05, 0.1) is 11.6 Å². The van der Waals surface area contributed by atoms with Crippen molar-refractivity contribution in [3.05, 3.63) is 112 Å². The standard InChI is InChI=1S/C32H26Cl2O5.Na/c33-27-10-4-3-9-24(27)23-8-2-1-6-20(23)7-5-11-29(35)21-12-14-22(15-13-21)39-31-19-30-26(18-28(31)34)25(32(36)37)16-17-38-30;/h1-4,6,8-10,12-15,18-19,25H,5,7,11,16-17H2,(H,36,37);/q;+1/p-1. The van der Waals surface area contributed by atoms with Gasteiger partial charge in [0.25, 0.3) is 0 Å². The van der Waals surface area contributed by atoms with Gasteiger partial charge in [0, 0.05) is 46.1 Å². The summed E-state index contributed by atoms with van der Waals surface area (Å²) in [5.41, 5.74) is 4.30. The minimum absolute atomic E-state index is 0. The normalized spacial score (nSPS) is 13.9. The van der Waals surface area contributed by atoms with Crippen LogP contribution in [0.2, 0.25) is 10.0 Å². The smallest absolute Gasteiger partial charge is 0.549 e. The van der Waals surface area contributed by atoms with Gasteiger partial charge in [0.2, 0.25) is 0 Å². The van der Waals surface area contributed by atoms with Gasteiger partial charge in [-0.15, -0.1) is 0 Å². The van der Waals surface area contributed by atoms with Gasteiger partial charge < -0.3 is 19.4 Å². The number of fused-ring (bicyclic) bond motifs is 1. The van der Waals surface area contributed by atoms with Crippen LogP contribution in [0.25, 0.3) is 11.1 Å². The summed E-state index contributed by atoms with van der Waals surface area (Å²) in [7, 11) is 0. The van der Waals surface area contributed by atoms with Crippen LogP contribution in [-0.2, 0) is 11.2 Å². The van der Waals surface area contributed by atoms with E-state index in [4.69, 9.17) is 32.7 Å². The molecule has 1 aliphatic rings. The summed E-state index contributed by atoms with van der Waals surface area (Å²) >= 11 is 12.8. The summed E-state index contributed by atoms with van der Waals surface area (Å²) < 4.78 is 11.5. The number of hydrogen-bond donors (Lipinski definition) is 0. The second-order valence-corrected chi connectivity index (χ2v) is 10.2. The molecule has 0 amide bonds.